The molecule has 4 amide bonds. The highest BCUT2D eigenvalue weighted by Gasteiger charge is 2.37. The number of rotatable bonds is 9. The first kappa shape index (κ1) is 36.9. The van der Waals surface area contributed by atoms with Crippen molar-refractivity contribution in [1.82, 2.24) is 24.5 Å². The van der Waals surface area contributed by atoms with Gasteiger partial charge in [0.2, 0.25) is 11.8 Å². The van der Waals surface area contributed by atoms with Crippen molar-refractivity contribution in [2.75, 3.05) is 64.8 Å². The molecule has 0 spiro atoms. The number of para-hydroxylation sites is 1. The monoisotopic (exact) mass is 722 g/mol. The van der Waals surface area contributed by atoms with Crippen LogP contribution in [-0.4, -0.2) is 126 Å². The Morgan fingerprint density at radius 2 is 1.65 bits per heavy atom. The molecule has 3 saturated heterocycles. The number of urea groups is 1. The second kappa shape index (κ2) is 16.6. The molecular formula is C38H51ClN6O6. The van der Waals surface area contributed by atoms with Crippen LogP contribution in [-0.2, 0) is 32.0 Å². The zero-order valence-electron chi connectivity index (χ0n) is 30.0. The highest BCUT2D eigenvalue weighted by molar-refractivity contribution is 6.31. The molecule has 0 saturated carbocycles. The van der Waals surface area contributed by atoms with Gasteiger partial charge in [-0.05, 0) is 81.8 Å². The van der Waals surface area contributed by atoms with Crippen LogP contribution in [0.4, 0.5) is 15.3 Å². The van der Waals surface area contributed by atoms with Crippen LogP contribution in [0.5, 0.6) is 0 Å². The van der Waals surface area contributed by atoms with Crippen LogP contribution < -0.4 is 5.32 Å². The SMILES string of the molecule is CCOC(=O)OC1CN(C2CCN(C(=O)C(CC(=O)N3CCC(N4Cc5ccccc5NC4=O)CC3)Cc3ccc(Cl)c(C)c3)CC2)CCN1C. The Kier molecular flexibility index (Phi) is 12.0. The summed E-state index contributed by atoms with van der Waals surface area (Å²) in [6, 6.07) is 13.9. The normalized spacial score (nSPS) is 21.5. The predicted molar refractivity (Wildman–Crippen MR) is 194 cm³/mol. The molecule has 276 valence electrons. The van der Waals surface area contributed by atoms with E-state index < -0.39 is 12.1 Å². The highest BCUT2D eigenvalue weighted by Crippen LogP contribution is 2.29. The number of ether oxygens (including phenoxy) is 2. The van der Waals surface area contributed by atoms with Crippen molar-refractivity contribution >= 4 is 41.3 Å². The lowest BCUT2D eigenvalue weighted by Gasteiger charge is -2.45. The van der Waals surface area contributed by atoms with Crippen molar-refractivity contribution in [2.24, 2.45) is 5.92 Å². The van der Waals surface area contributed by atoms with Gasteiger partial charge in [-0.1, -0.05) is 41.9 Å². The highest BCUT2D eigenvalue weighted by atomic mass is 35.5. The van der Waals surface area contributed by atoms with Gasteiger partial charge in [0.1, 0.15) is 0 Å². The molecular weight excluding hydrogens is 672 g/mol. The fourth-order valence-electron chi connectivity index (χ4n) is 7.94. The average Bonchev–Trinajstić information content (AvgIpc) is 3.13. The molecule has 0 bridgehead atoms. The lowest BCUT2D eigenvalue weighted by Crippen LogP contribution is -2.58. The number of halogens is 1. The van der Waals surface area contributed by atoms with E-state index in [9.17, 15) is 19.2 Å². The number of nitrogens with zero attached hydrogens (tertiary/aromatic N) is 5. The Hall–Kier alpha value is -3.87. The number of amides is 4. The van der Waals surface area contributed by atoms with E-state index in [4.69, 9.17) is 21.1 Å². The van der Waals surface area contributed by atoms with Crippen molar-refractivity contribution < 1.29 is 28.7 Å². The van der Waals surface area contributed by atoms with E-state index in [1.165, 1.54) is 0 Å². The molecule has 6 rings (SSSR count). The molecule has 4 heterocycles. The van der Waals surface area contributed by atoms with E-state index in [1.807, 2.05) is 76.0 Å². The summed E-state index contributed by atoms with van der Waals surface area (Å²) in [5.74, 6) is -0.511. The molecule has 0 radical (unpaired) electrons. The lowest BCUT2D eigenvalue weighted by molar-refractivity contribution is -0.143. The smallest absolute Gasteiger partial charge is 0.435 e. The van der Waals surface area contributed by atoms with Crippen LogP contribution in [0.15, 0.2) is 42.5 Å². The van der Waals surface area contributed by atoms with Crippen molar-refractivity contribution in [2.45, 2.75) is 77.2 Å². The molecule has 1 N–H and O–H groups in total. The van der Waals surface area contributed by atoms with Gasteiger partial charge in [0.25, 0.3) is 0 Å². The molecule has 3 fully saturated rings. The number of carbonyl (C=O) groups is 4. The number of carbonyl (C=O) groups excluding carboxylic acids is 4. The number of fused-ring (bicyclic) bond motifs is 1. The fourth-order valence-corrected chi connectivity index (χ4v) is 8.06. The molecule has 2 aromatic carbocycles. The minimum atomic E-state index is -0.655. The number of anilines is 1. The second-order valence-electron chi connectivity index (χ2n) is 14.3. The van der Waals surface area contributed by atoms with Crippen molar-refractivity contribution in [1.29, 1.82) is 0 Å². The molecule has 0 aliphatic carbocycles. The van der Waals surface area contributed by atoms with E-state index in [0.717, 1.165) is 48.3 Å². The van der Waals surface area contributed by atoms with Crippen LogP contribution in [0.25, 0.3) is 0 Å². The van der Waals surface area contributed by atoms with Crippen molar-refractivity contribution in [3.8, 4) is 0 Å². The number of piperazine rings is 1. The van der Waals surface area contributed by atoms with Crippen LogP contribution in [0.3, 0.4) is 0 Å². The number of piperidine rings is 2. The molecule has 2 atom stereocenters. The standard InChI is InChI=1S/C38H51ClN6O6/c1-4-50-38(49)51-35-25-44(20-19-41(35)3)30-11-17-43(18-12-30)36(47)29(22-27-9-10-32(39)26(2)21-27)23-34(46)42-15-13-31(14-16-42)45-24-28-7-5-6-8-33(28)40-37(45)48/h5-10,21,29-31,35H,4,11-20,22-25H2,1-3H3,(H,40,48). The van der Waals surface area contributed by atoms with Crippen LogP contribution in [0.2, 0.25) is 5.02 Å². The summed E-state index contributed by atoms with van der Waals surface area (Å²) in [6.45, 7) is 9.06. The van der Waals surface area contributed by atoms with Crippen molar-refractivity contribution in [3.05, 3.63) is 64.2 Å². The number of likely N-dealkylation sites (tertiary alicyclic amines) is 2. The fraction of sp³-hybridized carbons (Fsp3) is 0.579. The van der Waals surface area contributed by atoms with Crippen molar-refractivity contribution in [3.63, 3.8) is 0 Å². The summed E-state index contributed by atoms with van der Waals surface area (Å²) in [7, 11) is 1.95. The summed E-state index contributed by atoms with van der Waals surface area (Å²) < 4.78 is 10.6. The zero-order valence-corrected chi connectivity index (χ0v) is 30.8. The van der Waals surface area contributed by atoms with Gasteiger partial charge >= 0.3 is 12.2 Å². The summed E-state index contributed by atoms with van der Waals surface area (Å²) in [5, 5.41) is 3.68. The van der Waals surface area contributed by atoms with Gasteiger partial charge in [0, 0.05) is 81.6 Å². The topological polar surface area (TPSA) is 115 Å². The number of hydrogen-bond acceptors (Lipinski definition) is 8. The Morgan fingerprint density at radius 3 is 2.37 bits per heavy atom. The third-order valence-electron chi connectivity index (χ3n) is 11.0. The third kappa shape index (κ3) is 8.96. The third-order valence-corrected chi connectivity index (χ3v) is 11.4. The van der Waals surface area contributed by atoms with E-state index >= 15 is 0 Å². The first-order valence-electron chi connectivity index (χ1n) is 18.3. The Bertz CT molecular complexity index is 1580. The van der Waals surface area contributed by atoms with Gasteiger partial charge in [-0.15, -0.1) is 0 Å². The number of likely N-dealkylation sites (N-methyl/N-ethyl adjacent to an activating group) is 1. The second-order valence-corrected chi connectivity index (χ2v) is 14.7. The first-order valence-corrected chi connectivity index (χ1v) is 18.7. The van der Waals surface area contributed by atoms with Gasteiger partial charge in [-0.2, -0.15) is 0 Å². The van der Waals surface area contributed by atoms with E-state index in [-0.39, 0.29) is 49.2 Å². The summed E-state index contributed by atoms with van der Waals surface area (Å²) in [4.78, 5) is 63.1. The molecule has 13 heteroatoms. The van der Waals surface area contributed by atoms with Gasteiger partial charge in [-0.25, -0.2) is 9.59 Å². The largest absolute Gasteiger partial charge is 0.509 e. The molecule has 51 heavy (non-hydrogen) atoms. The summed E-state index contributed by atoms with van der Waals surface area (Å²) in [6.07, 6.45) is 2.57. The number of benzene rings is 2. The quantitative estimate of drug-likeness (QED) is 0.361. The minimum absolute atomic E-state index is 0.00911. The van der Waals surface area contributed by atoms with E-state index in [1.54, 1.807) is 6.92 Å². The lowest BCUT2D eigenvalue weighted by atomic mass is 9.91. The van der Waals surface area contributed by atoms with Gasteiger partial charge in [0.15, 0.2) is 6.23 Å². The first-order chi connectivity index (χ1) is 24.6. The maximum absolute atomic E-state index is 14.2. The Morgan fingerprint density at radius 1 is 0.941 bits per heavy atom. The number of nitrogens with one attached hydrogen (secondary N) is 1. The maximum atomic E-state index is 14.2. The number of aryl methyl sites for hydroxylation is 1. The van der Waals surface area contributed by atoms with Crippen LogP contribution in [0, 0.1) is 12.8 Å². The molecule has 12 nitrogen and oxygen atoms in total. The van der Waals surface area contributed by atoms with Crippen LogP contribution in [0.1, 0.15) is 55.7 Å². The maximum Gasteiger partial charge on any atom is 0.509 e. The molecule has 2 unspecified atom stereocenters. The molecule has 4 aliphatic rings. The number of hydrogen-bond donors (Lipinski definition) is 1. The summed E-state index contributed by atoms with van der Waals surface area (Å²) in [5.41, 5.74) is 3.87. The molecule has 4 aliphatic heterocycles. The Balaban J connectivity index is 1.06. The van der Waals surface area contributed by atoms with Gasteiger partial charge < -0.3 is 29.5 Å². The Labute approximate surface area is 305 Å². The zero-order chi connectivity index (χ0) is 36.1. The molecule has 0 aromatic heterocycles. The minimum Gasteiger partial charge on any atom is -0.435 e. The van der Waals surface area contributed by atoms with Crippen LogP contribution >= 0.6 is 11.6 Å². The molecule has 2 aromatic rings. The van der Waals surface area contributed by atoms with Gasteiger partial charge in [0.05, 0.1) is 12.5 Å². The van der Waals surface area contributed by atoms with Gasteiger partial charge in [-0.3, -0.25) is 19.4 Å². The summed E-state index contributed by atoms with van der Waals surface area (Å²) >= 11 is 6.32. The van der Waals surface area contributed by atoms with E-state index in [2.05, 4.69) is 10.2 Å². The van der Waals surface area contributed by atoms with E-state index in [0.29, 0.717) is 63.6 Å². The average molecular weight is 723 g/mol. The predicted octanol–water partition coefficient (Wildman–Crippen LogP) is 4.97.